The minimum atomic E-state index is -0.855. The Balaban J connectivity index is 2.00. The van der Waals surface area contributed by atoms with E-state index in [-0.39, 0.29) is 0 Å². The molecule has 0 spiro atoms. The van der Waals surface area contributed by atoms with Crippen molar-refractivity contribution < 1.29 is 9.90 Å². The largest absolute Gasteiger partial charge is 0.481 e. The van der Waals surface area contributed by atoms with E-state index in [4.69, 9.17) is 5.11 Å². The van der Waals surface area contributed by atoms with Crippen molar-refractivity contribution in [2.75, 3.05) is 5.32 Å². The molecule has 4 nitrogen and oxygen atoms in total. The maximum absolute atomic E-state index is 10.9. The van der Waals surface area contributed by atoms with Gasteiger partial charge in [0.1, 0.15) is 0 Å². The molecule has 0 aliphatic heterocycles. The Morgan fingerprint density at radius 3 is 2.71 bits per heavy atom. The summed E-state index contributed by atoms with van der Waals surface area (Å²) in [4.78, 5) is 15.3. The summed E-state index contributed by atoms with van der Waals surface area (Å²) < 4.78 is 0. The van der Waals surface area contributed by atoms with Gasteiger partial charge in [-0.25, -0.2) is 4.98 Å². The van der Waals surface area contributed by atoms with Gasteiger partial charge in [0.25, 0.3) is 0 Å². The van der Waals surface area contributed by atoms with Gasteiger partial charge in [-0.1, -0.05) is 25.5 Å². The van der Waals surface area contributed by atoms with Gasteiger partial charge in [0.05, 0.1) is 11.6 Å². The van der Waals surface area contributed by atoms with Crippen molar-refractivity contribution in [2.45, 2.75) is 39.0 Å². The van der Waals surface area contributed by atoms with Crippen molar-refractivity contribution in [2.24, 2.45) is 0 Å². The molecule has 2 aromatic rings. The first-order valence-corrected chi connectivity index (χ1v) is 8.02. The SMILES string of the molecule is CCCCc1ccc(Nc2nc(C(C)C(=O)O)cs2)cc1. The predicted octanol–water partition coefficient (Wildman–Crippen LogP) is 4.42. The van der Waals surface area contributed by atoms with E-state index in [9.17, 15) is 4.79 Å². The van der Waals surface area contributed by atoms with Crippen LogP contribution >= 0.6 is 11.3 Å². The summed E-state index contributed by atoms with van der Waals surface area (Å²) in [6.07, 6.45) is 3.51. The first kappa shape index (κ1) is 15.5. The van der Waals surface area contributed by atoms with Gasteiger partial charge in [-0.05, 0) is 37.5 Å². The number of carboxylic acid groups (broad SMARTS) is 1. The molecule has 1 heterocycles. The van der Waals surface area contributed by atoms with Gasteiger partial charge in [0, 0.05) is 11.1 Å². The first-order valence-electron chi connectivity index (χ1n) is 7.14. The van der Waals surface area contributed by atoms with Crippen molar-refractivity contribution in [3.8, 4) is 0 Å². The van der Waals surface area contributed by atoms with E-state index in [0.717, 1.165) is 17.2 Å². The van der Waals surface area contributed by atoms with Crippen molar-refractivity contribution in [3.63, 3.8) is 0 Å². The molecule has 0 fully saturated rings. The summed E-state index contributed by atoms with van der Waals surface area (Å²) in [6.45, 7) is 3.83. The summed E-state index contributed by atoms with van der Waals surface area (Å²) in [5.41, 5.74) is 2.90. The molecule has 1 atom stereocenters. The molecule has 0 saturated heterocycles. The quantitative estimate of drug-likeness (QED) is 0.795. The Morgan fingerprint density at radius 2 is 2.10 bits per heavy atom. The standard InChI is InChI=1S/C16H20N2O2S/c1-3-4-5-12-6-8-13(9-7-12)17-16-18-14(10-21-16)11(2)15(19)20/h6-11H,3-5H2,1-2H3,(H,17,18)(H,19,20). The van der Waals surface area contributed by atoms with E-state index in [1.807, 2.05) is 12.1 Å². The number of hydrogen-bond acceptors (Lipinski definition) is 4. The Hall–Kier alpha value is -1.88. The fourth-order valence-corrected chi connectivity index (χ4v) is 2.75. The normalized spacial score (nSPS) is 12.1. The van der Waals surface area contributed by atoms with Crippen LogP contribution in [0.2, 0.25) is 0 Å². The molecule has 21 heavy (non-hydrogen) atoms. The molecule has 2 rings (SSSR count). The number of benzene rings is 1. The number of rotatable bonds is 7. The van der Waals surface area contributed by atoms with E-state index in [2.05, 4.69) is 29.4 Å². The van der Waals surface area contributed by atoms with Gasteiger partial charge in [0.15, 0.2) is 5.13 Å². The minimum Gasteiger partial charge on any atom is -0.481 e. The zero-order valence-electron chi connectivity index (χ0n) is 12.3. The van der Waals surface area contributed by atoms with Gasteiger partial charge in [0.2, 0.25) is 0 Å². The van der Waals surface area contributed by atoms with Crippen LogP contribution in [0.1, 0.15) is 43.9 Å². The highest BCUT2D eigenvalue weighted by atomic mass is 32.1. The molecule has 1 aromatic heterocycles. The lowest BCUT2D eigenvalue weighted by atomic mass is 10.1. The average molecular weight is 304 g/mol. The predicted molar refractivity (Wildman–Crippen MR) is 86.5 cm³/mol. The van der Waals surface area contributed by atoms with E-state index in [1.165, 1.54) is 29.7 Å². The Kier molecular flexibility index (Phi) is 5.33. The van der Waals surface area contributed by atoms with E-state index < -0.39 is 11.9 Å². The van der Waals surface area contributed by atoms with E-state index in [1.54, 1.807) is 12.3 Å². The number of thiazole rings is 1. The van der Waals surface area contributed by atoms with Gasteiger partial charge < -0.3 is 10.4 Å². The molecule has 5 heteroatoms. The second-order valence-electron chi connectivity index (χ2n) is 5.06. The molecule has 0 amide bonds. The average Bonchev–Trinajstić information content (AvgIpc) is 2.94. The van der Waals surface area contributed by atoms with Crippen LogP contribution in [0.5, 0.6) is 0 Å². The summed E-state index contributed by atoms with van der Waals surface area (Å²) in [6, 6.07) is 8.30. The molecule has 0 aliphatic carbocycles. The number of aliphatic carboxylic acids is 1. The molecule has 0 radical (unpaired) electrons. The molecule has 2 N–H and O–H groups in total. The number of hydrogen-bond donors (Lipinski definition) is 2. The van der Waals surface area contributed by atoms with Crippen LogP contribution in [0.4, 0.5) is 10.8 Å². The molecular formula is C16H20N2O2S. The van der Waals surface area contributed by atoms with Crippen LogP contribution in [0.3, 0.4) is 0 Å². The van der Waals surface area contributed by atoms with Crippen LogP contribution in [-0.4, -0.2) is 16.1 Å². The fourth-order valence-electron chi connectivity index (χ4n) is 1.93. The molecule has 1 aromatic carbocycles. The summed E-state index contributed by atoms with van der Waals surface area (Å²) in [5, 5.41) is 14.7. The van der Waals surface area contributed by atoms with Crippen molar-refractivity contribution in [1.82, 2.24) is 4.98 Å². The third-order valence-electron chi connectivity index (χ3n) is 3.36. The number of nitrogens with zero attached hydrogens (tertiary/aromatic N) is 1. The highest BCUT2D eigenvalue weighted by molar-refractivity contribution is 7.13. The summed E-state index contributed by atoms with van der Waals surface area (Å²) in [7, 11) is 0. The number of anilines is 2. The number of aromatic nitrogens is 1. The molecule has 1 unspecified atom stereocenters. The molecule has 0 saturated carbocycles. The number of unbranched alkanes of at least 4 members (excludes halogenated alkanes) is 1. The van der Waals surface area contributed by atoms with Crippen molar-refractivity contribution in [1.29, 1.82) is 0 Å². The fraction of sp³-hybridized carbons (Fsp3) is 0.375. The smallest absolute Gasteiger partial charge is 0.312 e. The van der Waals surface area contributed by atoms with E-state index in [0.29, 0.717) is 5.69 Å². The highest BCUT2D eigenvalue weighted by Gasteiger charge is 2.17. The lowest BCUT2D eigenvalue weighted by molar-refractivity contribution is -0.138. The van der Waals surface area contributed by atoms with Crippen molar-refractivity contribution in [3.05, 3.63) is 40.9 Å². The Morgan fingerprint density at radius 1 is 1.38 bits per heavy atom. The second-order valence-corrected chi connectivity index (χ2v) is 5.92. The van der Waals surface area contributed by atoms with Gasteiger partial charge in [-0.2, -0.15) is 0 Å². The minimum absolute atomic E-state index is 0.576. The van der Waals surface area contributed by atoms with Crippen LogP contribution in [0, 0.1) is 0 Å². The monoisotopic (exact) mass is 304 g/mol. The third-order valence-corrected chi connectivity index (χ3v) is 4.14. The highest BCUT2D eigenvalue weighted by Crippen LogP contribution is 2.25. The van der Waals surface area contributed by atoms with Crippen LogP contribution in [0.25, 0.3) is 0 Å². The molecule has 112 valence electrons. The number of carboxylic acids is 1. The second kappa shape index (κ2) is 7.22. The summed E-state index contributed by atoms with van der Waals surface area (Å²) >= 11 is 1.42. The number of carbonyl (C=O) groups is 1. The number of aryl methyl sites for hydroxylation is 1. The lowest BCUT2D eigenvalue weighted by Crippen LogP contribution is -2.07. The first-order chi connectivity index (χ1) is 10.1. The van der Waals surface area contributed by atoms with Gasteiger partial charge >= 0.3 is 5.97 Å². The van der Waals surface area contributed by atoms with Gasteiger partial charge in [-0.3, -0.25) is 4.79 Å². The zero-order chi connectivity index (χ0) is 15.2. The van der Waals surface area contributed by atoms with E-state index >= 15 is 0 Å². The lowest BCUT2D eigenvalue weighted by Gasteiger charge is -2.05. The molecular weight excluding hydrogens is 284 g/mol. The van der Waals surface area contributed by atoms with Gasteiger partial charge in [-0.15, -0.1) is 11.3 Å². The maximum atomic E-state index is 10.9. The van der Waals surface area contributed by atoms with Crippen LogP contribution in [0.15, 0.2) is 29.6 Å². The molecule has 0 aliphatic rings. The Bertz CT molecular complexity index is 593. The third kappa shape index (κ3) is 4.29. The topological polar surface area (TPSA) is 62.2 Å². The number of nitrogens with one attached hydrogen (secondary N) is 1. The Labute approximate surface area is 128 Å². The zero-order valence-corrected chi connectivity index (χ0v) is 13.1. The molecule has 0 bridgehead atoms. The maximum Gasteiger partial charge on any atom is 0.312 e. The summed E-state index contributed by atoms with van der Waals surface area (Å²) in [5.74, 6) is -1.43. The van der Waals surface area contributed by atoms with Crippen molar-refractivity contribution >= 4 is 28.1 Å². The van der Waals surface area contributed by atoms with Crippen LogP contribution < -0.4 is 5.32 Å². The van der Waals surface area contributed by atoms with Crippen LogP contribution in [-0.2, 0) is 11.2 Å².